The first kappa shape index (κ1) is 53.5. The fourth-order valence-corrected chi connectivity index (χ4v) is 16.7. The molecule has 14 rings (SSSR count). The third-order valence-corrected chi connectivity index (χ3v) is 21.9. The average Bonchev–Trinajstić information content (AvgIpc) is 1.68. The highest BCUT2D eigenvalue weighted by molar-refractivity contribution is 7.25. The van der Waals surface area contributed by atoms with E-state index in [-0.39, 0.29) is 27.1 Å². The van der Waals surface area contributed by atoms with Crippen molar-refractivity contribution in [3.8, 4) is 16.8 Å². The number of aromatic nitrogens is 1. The Hall–Kier alpha value is -6.56. The quantitative estimate of drug-likeness (QED) is 0.0972. The van der Waals surface area contributed by atoms with Gasteiger partial charge in [-0.3, -0.25) is 0 Å². The zero-order valence-electron chi connectivity index (χ0n) is 51.1. The first-order valence-corrected chi connectivity index (χ1v) is 32.2. The van der Waals surface area contributed by atoms with Crippen LogP contribution in [0, 0.1) is 0 Å². The molecular weight excluding hydrogens is 1010 g/mol. The van der Waals surface area contributed by atoms with Gasteiger partial charge in [-0.05, 0) is 201 Å². The predicted octanol–water partition coefficient (Wildman–Crippen LogP) is 20.8. The molecule has 415 valence electrons. The number of nitrogens with one attached hydrogen (secondary N) is 1. The Labute approximate surface area is 493 Å². The van der Waals surface area contributed by atoms with Gasteiger partial charge in [0.15, 0.2) is 7.28 Å². The van der Waals surface area contributed by atoms with Crippen molar-refractivity contribution in [3.05, 3.63) is 178 Å². The van der Waals surface area contributed by atoms with Gasteiger partial charge in [-0.15, -0.1) is 11.3 Å². The van der Waals surface area contributed by atoms with Gasteiger partial charge in [0.2, 0.25) is 0 Å². The number of fused-ring (bicyclic) bond motifs is 12. The molecule has 5 heteroatoms. The van der Waals surface area contributed by atoms with Gasteiger partial charge in [-0.25, -0.2) is 0 Å². The normalized spacial score (nSPS) is 17.5. The summed E-state index contributed by atoms with van der Waals surface area (Å²) in [5.41, 5.74) is 26.5. The molecule has 1 N–H and O–H groups in total. The topological polar surface area (TPSA) is 20.2 Å². The van der Waals surface area contributed by atoms with Crippen molar-refractivity contribution in [1.82, 2.24) is 4.57 Å². The summed E-state index contributed by atoms with van der Waals surface area (Å²) < 4.78 is 5.43. The lowest BCUT2D eigenvalue weighted by Crippen LogP contribution is -2.38. The van der Waals surface area contributed by atoms with Crippen molar-refractivity contribution in [1.29, 1.82) is 0 Å². The molecule has 0 saturated carbocycles. The molecule has 0 fully saturated rings. The number of aryl methyl sites for hydroxylation is 2. The second kappa shape index (κ2) is 19.2. The second-order valence-corrected chi connectivity index (χ2v) is 29.6. The Balaban J connectivity index is 1.12. The SMILES string of the molecule is CCCCCc1ccc(Nc2cc3c(cc2-c2cc(N4c5ccccc5C(C)(C)c5ccccc54)c4c5cc6c(cc5n5c4c2[B]c2cc(CCCCC)ccc2-5)C(C)(C)CCC6(C)C)sc2cc4c(cc23)C(C)(C)CCC4(C)C)cc1. The molecule has 10 aromatic rings. The minimum Gasteiger partial charge on any atom is -0.355 e. The minimum absolute atomic E-state index is 0.0288. The van der Waals surface area contributed by atoms with Gasteiger partial charge in [0.1, 0.15) is 0 Å². The fraction of sp³-hybridized carbons (Fsp3) is 0.377. The van der Waals surface area contributed by atoms with E-state index in [1.54, 1.807) is 0 Å². The maximum absolute atomic E-state index is 4.19. The maximum Gasteiger partial charge on any atom is 0.197 e. The number of anilines is 5. The number of nitrogens with zero attached hydrogens (tertiary/aromatic N) is 2. The summed E-state index contributed by atoms with van der Waals surface area (Å²) in [7, 11) is 2.59. The van der Waals surface area contributed by atoms with E-state index in [1.807, 2.05) is 11.3 Å². The van der Waals surface area contributed by atoms with E-state index in [0.717, 1.165) is 37.1 Å². The number of thiophene rings is 1. The molecule has 8 aromatic carbocycles. The van der Waals surface area contributed by atoms with Crippen molar-refractivity contribution in [2.75, 3.05) is 10.2 Å². The summed E-state index contributed by atoms with van der Waals surface area (Å²) in [5.74, 6) is 0. The van der Waals surface area contributed by atoms with Crippen molar-refractivity contribution >= 4 is 100.0 Å². The summed E-state index contributed by atoms with van der Waals surface area (Å²) in [6, 6.07) is 53.6. The smallest absolute Gasteiger partial charge is 0.197 e. The highest BCUT2D eigenvalue weighted by Gasteiger charge is 2.43. The summed E-state index contributed by atoms with van der Waals surface area (Å²) in [6.07, 6.45) is 14.3. The lowest BCUT2D eigenvalue weighted by atomic mass is 9.58. The molecule has 82 heavy (non-hydrogen) atoms. The van der Waals surface area contributed by atoms with Crippen LogP contribution in [0.4, 0.5) is 28.4 Å². The zero-order valence-corrected chi connectivity index (χ0v) is 51.9. The second-order valence-electron chi connectivity index (χ2n) is 28.5. The van der Waals surface area contributed by atoms with Crippen LogP contribution in [-0.2, 0) is 39.9 Å². The average molecular weight is 1090 g/mol. The van der Waals surface area contributed by atoms with Crippen LogP contribution >= 0.6 is 11.3 Å². The monoisotopic (exact) mass is 1090 g/mol. The molecule has 3 nitrogen and oxygen atoms in total. The third-order valence-electron chi connectivity index (χ3n) is 20.8. The van der Waals surface area contributed by atoms with Gasteiger partial charge in [0, 0.05) is 59.0 Å². The molecule has 4 aliphatic rings. The van der Waals surface area contributed by atoms with Crippen molar-refractivity contribution in [3.63, 3.8) is 0 Å². The Morgan fingerprint density at radius 2 is 1.01 bits per heavy atom. The fourth-order valence-electron chi connectivity index (χ4n) is 15.5. The Morgan fingerprint density at radius 3 is 1.63 bits per heavy atom. The van der Waals surface area contributed by atoms with Crippen LogP contribution in [0.5, 0.6) is 0 Å². The standard InChI is InChI=1S/C77H83BN3S/c1-13-15-17-23-47-29-32-49(33-30-47)79-62-42-52-51-40-57-60(76(9,10)38-36-73(57,3)4)46-69(51)82-68(52)44-50(62)53-43-67(80-63-27-21-19-25-55(63)77(11,12)56-26-20-22-28-64(56)80)70-54-41-58-59(75(7,8)37-35-74(58,5)6)45-66(54)81-65-34-31-48(24-18-16-14-2)39-61(65)78-71(53)72(70)81/h19-22,25-34,39-46,79H,13-18,23-24,35-38H2,1-12H3. The van der Waals surface area contributed by atoms with E-state index < -0.39 is 0 Å². The molecular formula is C77H83BN3S. The van der Waals surface area contributed by atoms with Gasteiger partial charge < -0.3 is 14.8 Å². The Bertz CT molecular complexity index is 4180. The van der Waals surface area contributed by atoms with E-state index >= 15 is 0 Å². The summed E-state index contributed by atoms with van der Waals surface area (Å²) in [4.78, 5) is 2.67. The Morgan fingerprint density at radius 1 is 0.476 bits per heavy atom. The summed E-state index contributed by atoms with van der Waals surface area (Å²) in [6.45, 7) is 29.3. The molecule has 2 aliphatic heterocycles. The highest BCUT2D eigenvalue weighted by Crippen LogP contribution is 2.57. The lowest BCUT2D eigenvalue weighted by molar-refractivity contribution is 0.332. The van der Waals surface area contributed by atoms with Gasteiger partial charge in [-0.1, -0.05) is 175 Å². The largest absolute Gasteiger partial charge is 0.355 e. The lowest BCUT2D eigenvalue weighted by Gasteiger charge is -2.42. The molecule has 0 unspecified atom stereocenters. The number of rotatable bonds is 12. The third kappa shape index (κ3) is 8.38. The number of benzene rings is 8. The molecule has 0 saturated heterocycles. The summed E-state index contributed by atoms with van der Waals surface area (Å²) >= 11 is 1.98. The number of hydrogen-bond acceptors (Lipinski definition) is 3. The molecule has 0 atom stereocenters. The van der Waals surface area contributed by atoms with Crippen LogP contribution in [0.2, 0.25) is 0 Å². The number of para-hydroxylation sites is 2. The zero-order chi connectivity index (χ0) is 56.8. The number of unbranched alkanes of at least 4 members (excludes halogenated alkanes) is 4. The van der Waals surface area contributed by atoms with Crippen molar-refractivity contribution < 1.29 is 0 Å². The first-order chi connectivity index (χ1) is 39.3. The van der Waals surface area contributed by atoms with E-state index in [9.17, 15) is 0 Å². The molecule has 2 aromatic heterocycles. The highest BCUT2D eigenvalue weighted by atomic mass is 32.1. The number of hydrogen-bond donors (Lipinski definition) is 1. The van der Waals surface area contributed by atoms with E-state index in [2.05, 4.69) is 239 Å². The van der Waals surface area contributed by atoms with Crippen LogP contribution in [0.25, 0.3) is 58.8 Å². The van der Waals surface area contributed by atoms with Gasteiger partial charge in [-0.2, -0.15) is 0 Å². The van der Waals surface area contributed by atoms with Gasteiger partial charge in [0.25, 0.3) is 0 Å². The van der Waals surface area contributed by atoms with E-state index in [0.29, 0.717) is 0 Å². The Kier molecular flexibility index (Phi) is 12.5. The molecule has 2 aliphatic carbocycles. The van der Waals surface area contributed by atoms with Crippen LogP contribution in [0.15, 0.2) is 133 Å². The molecule has 1 radical (unpaired) electrons. The molecule has 0 amide bonds. The van der Waals surface area contributed by atoms with Gasteiger partial charge in [0.05, 0.1) is 28.1 Å². The van der Waals surface area contributed by atoms with Crippen molar-refractivity contribution in [2.45, 2.75) is 187 Å². The van der Waals surface area contributed by atoms with Crippen LogP contribution in [0.3, 0.4) is 0 Å². The first-order valence-electron chi connectivity index (χ1n) is 31.4. The molecule has 0 bridgehead atoms. The van der Waals surface area contributed by atoms with E-state index in [4.69, 9.17) is 0 Å². The maximum atomic E-state index is 4.19. The van der Waals surface area contributed by atoms with Crippen molar-refractivity contribution in [2.24, 2.45) is 0 Å². The van der Waals surface area contributed by atoms with Crippen LogP contribution < -0.4 is 21.1 Å². The molecule has 0 spiro atoms. The van der Waals surface area contributed by atoms with Crippen LogP contribution in [-0.4, -0.2) is 11.8 Å². The van der Waals surface area contributed by atoms with Gasteiger partial charge >= 0.3 is 0 Å². The molecule has 4 heterocycles. The predicted molar refractivity (Wildman–Crippen MR) is 358 cm³/mol. The van der Waals surface area contributed by atoms with E-state index in [1.165, 1.54) is 183 Å². The minimum atomic E-state index is -0.209. The van der Waals surface area contributed by atoms with Crippen LogP contribution in [0.1, 0.15) is 192 Å². The summed E-state index contributed by atoms with van der Waals surface area (Å²) in [5, 5.41) is 9.55.